The molecule has 0 amide bonds. The van der Waals surface area contributed by atoms with Crippen molar-refractivity contribution in [3.8, 4) is 0 Å². The highest BCUT2D eigenvalue weighted by molar-refractivity contribution is 7.89. The van der Waals surface area contributed by atoms with Crippen molar-refractivity contribution in [2.45, 2.75) is 24.9 Å². The standard InChI is InChI=1S/C13H24N4O2S/c1-10(2)11-6-17(7-12(11)15(3)4)20(18,19)13-8-16(5)9-14-13/h8-12H,6-7H2,1-5H3/t11-,12+/m1/s1. The van der Waals surface area contributed by atoms with E-state index in [-0.39, 0.29) is 11.1 Å². The number of imidazole rings is 1. The van der Waals surface area contributed by atoms with Crippen molar-refractivity contribution >= 4 is 10.0 Å². The van der Waals surface area contributed by atoms with E-state index in [1.165, 1.54) is 6.33 Å². The Morgan fingerprint density at radius 2 is 2.00 bits per heavy atom. The number of nitrogens with zero attached hydrogens (tertiary/aromatic N) is 4. The van der Waals surface area contributed by atoms with E-state index in [9.17, 15) is 8.42 Å². The predicted octanol–water partition coefficient (Wildman–Crippen LogP) is 0.627. The van der Waals surface area contributed by atoms with Gasteiger partial charge in [-0.2, -0.15) is 4.31 Å². The number of aryl methyl sites for hydroxylation is 1. The van der Waals surface area contributed by atoms with Crippen LogP contribution in [-0.4, -0.2) is 60.4 Å². The van der Waals surface area contributed by atoms with Crippen LogP contribution in [0.3, 0.4) is 0 Å². The van der Waals surface area contributed by atoms with Crippen LogP contribution in [0.2, 0.25) is 0 Å². The maximum absolute atomic E-state index is 12.6. The highest BCUT2D eigenvalue weighted by atomic mass is 32.2. The van der Waals surface area contributed by atoms with Crippen LogP contribution in [0.1, 0.15) is 13.8 Å². The summed E-state index contributed by atoms with van der Waals surface area (Å²) in [6, 6.07) is 0.258. The van der Waals surface area contributed by atoms with Gasteiger partial charge in [-0.3, -0.25) is 0 Å². The van der Waals surface area contributed by atoms with Crippen molar-refractivity contribution in [1.29, 1.82) is 0 Å². The third kappa shape index (κ3) is 2.75. The average Bonchev–Trinajstić information content (AvgIpc) is 2.94. The fraction of sp³-hybridized carbons (Fsp3) is 0.769. The average molecular weight is 300 g/mol. The van der Waals surface area contributed by atoms with Gasteiger partial charge in [-0.25, -0.2) is 13.4 Å². The summed E-state index contributed by atoms with van der Waals surface area (Å²) in [4.78, 5) is 6.12. The fourth-order valence-corrected chi connectivity index (χ4v) is 4.29. The molecule has 1 aliphatic rings. The van der Waals surface area contributed by atoms with Crippen LogP contribution in [0.4, 0.5) is 0 Å². The van der Waals surface area contributed by atoms with E-state index < -0.39 is 10.0 Å². The number of aromatic nitrogens is 2. The van der Waals surface area contributed by atoms with E-state index in [0.717, 1.165) is 0 Å². The maximum atomic E-state index is 12.6. The molecule has 0 aliphatic carbocycles. The minimum Gasteiger partial charge on any atom is -0.339 e. The lowest BCUT2D eigenvalue weighted by Crippen LogP contribution is -2.37. The molecule has 114 valence electrons. The molecule has 1 aliphatic heterocycles. The van der Waals surface area contributed by atoms with Gasteiger partial charge in [-0.05, 0) is 25.9 Å². The molecule has 0 saturated carbocycles. The molecule has 1 fully saturated rings. The van der Waals surface area contributed by atoms with Crippen LogP contribution in [0.25, 0.3) is 0 Å². The van der Waals surface area contributed by atoms with Gasteiger partial charge in [0.05, 0.1) is 6.33 Å². The van der Waals surface area contributed by atoms with Crippen molar-refractivity contribution in [1.82, 2.24) is 18.8 Å². The minimum absolute atomic E-state index is 0.141. The normalized spacial score (nSPS) is 24.9. The van der Waals surface area contributed by atoms with Gasteiger partial charge in [0, 0.05) is 32.4 Å². The SMILES string of the molecule is CC(C)[C@H]1CN(S(=O)(=O)c2cn(C)cn2)C[C@@H]1N(C)C. The lowest BCUT2D eigenvalue weighted by atomic mass is 9.91. The Bertz CT molecular complexity index is 549. The first kappa shape index (κ1) is 15.5. The number of hydrogen-bond donors (Lipinski definition) is 0. The Morgan fingerprint density at radius 3 is 2.40 bits per heavy atom. The summed E-state index contributed by atoms with van der Waals surface area (Å²) in [5, 5.41) is 0.141. The lowest BCUT2D eigenvalue weighted by molar-refractivity contribution is 0.216. The number of rotatable bonds is 4. The summed E-state index contributed by atoms with van der Waals surface area (Å²) < 4.78 is 28.5. The third-order valence-electron chi connectivity index (χ3n) is 4.10. The Morgan fingerprint density at radius 1 is 1.35 bits per heavy atom. The van der Waals surface area contributed by atoms with E-state index >= 15 is 0 Å². The Balaban J connectivity index is 2.26. The van der Waals surface area contributed by atoms with Gasteiger partial charge >= 0.3 is 0 Å². The Hall–Kier alpha value is -0.920. The zero-order valence-electron chi connectivity index (χ0n) is 12.8. The summed E-state index contributed by atoms with van der Waals surface area (Å²) in [5.74, 6) is 0.801. The van der Waals surface area contributed by atoms with Gasteiger partial charge in [-0.15, -0.1) is 0 Å². The van der Waals surface area contributed by atoms with E-state index in [2.05, 4.69) is 23.7 Å². The van der Waals surface area contributed by atoms with Crippen molar-refractivity contribution in [3.63, 3.8) is 0 Å². The van der Waals surface area contributed by atoms with Crippen LogP contribution < -0.4 is 0 Å². The number of sulfonamides is 1. The number of likely N-dealkylation sites (N-methyl/N-ethyl adjacent to an activating group) is 1. The topological polar surface area (TPSA) is 58.4 Å². The van der Waals surface area contributed by atoms with Gasteiger partial charge in [0.2, 0.25) is 0 Å². The molecule has 2 rings (SSSR count). The molecule has 0 unspecified atom stereocenters. The molecule has 7 heteroatoms. The van der Waals surface area contributed by atoms with Crippen LogP contribution in [0.5, 0.6) is 0 Å². The maximum Gasteiger partial charge on any atom is 0.262 e. The highest BCUT2D eigenvalue weighted by Crippen LogP contribution is 2.30. The molecular weight excluding hydrogens is 276 g/mol. The molecule has 1 aromatic rings. The molecule has 1 aromatic heterocycles. The minimum atomic E-state index is -3.48. The lowest BCUT2D eigenvalue weighted by Gasteiger charge is -2.27. The summed E-state index contributed by atoms with van der Waals surface area (Å²) in [6.07, 6.45) is 3.08. The molecule has 20 heavy (non-hydrogen) atoms. The van der Waals surface area contributed by atoms with Gasteiger partial charge in [-0.1, -0.05) is 13.8 Å². The molecule has 0 N–H and O–H groups in total. The molecule has 0 radical (unpaired) electrons. The van der Waals surface area contributed by atoms with E-state index in [4.69, 9.17) is 0 Å². The monoisotopic (exact) mass is 300 g/mol. The second-order valence-corrected chi connectivity index (χ2v) is 8.02. The largest absolute Gasteiger partial charge is 0.339 e. The molecule has 1 saturated heterocycles. The zero-order chi connectivity index (χ0) is 15.1. The van der Waals surface area contributed by atoms with Gasteiger partial charge in [0.15, 0.2) is 5.03 Å². The van der Waals surface area contributed by atoms with Crippen LogP contribution >= 0.6 is 0 Å². The second-order valence-electron chi connectivity index (χ2n) is 6.14. The summed E-state index contributed by atoms with van der Waals surface area (Å²) >= 11 is 0. The molecular formula is C13H24N4O2S. The molecule has 0 bridgehead atoms. The first-order valence-corrected chi connectivity index (χ1v) is 8.32. The molecule has 0 aromatic carbocycles. The van der Waals surface area contributed by atoms with Crippen LogP contribution in [-0.2, 0) is 17.1 Å². The second kappa shape index (κ2) is 5.46. The predicted molar refractivity (Wildman–Crippen MR) is 77.8 cm³/mol. The molecule has 2 atom stereocenters. The summed E-state index contributed by atoms with van der Waals surface area (Å²) in [5.41, 5.74) is 0. The third-order valence-corrected chi connectivity index (χ3v) is 5.82. The van der Waals surface area contributed by atoms with E-state index in [0.29, 0.717) is 24.9 Å². The zero-order valence-corrected chi connectivity index (χ0v) is 13.6. The van der Waals surface area contributed by atoms with E-state index in [1.54, 1.807) is 22.1 Å². The molecule has 0 spiro atoms. The van der Waals surface area contributed by atoms with Gasteiger partial charge in [0.1, 0.15) is 0 Å². The fourth-order valence-electron chi connectivity index (χ4n) is 2.83. The Labute approximate surface area is 121 Å². The quantitative estimate of drug-likeness (QED) is 0.818. The van der Waals surface area contributed by atoms with Gasteiger partial charge in [0.25, 0.3) is 10.0 Å². The smallest absolute Gasteiger partial charge is 0.262 e. The van der Waals surface area contributed by atoms with Crippen LogP contribution in [0.15, 0.2) is 17.6 Å². The van der Waals surface area contributed by atoms with Crippen molar-refractivity contribution in [2.24, 2.45) is 18.9 Å². The first-order chi connectivity index (χ1) is 9.23. The van der Waals surface area contributed by atoms with Crippen molar-refractivity contribution in [2.75, 3.05) is 27.2 Å². The summed E-state index contributed by atoms with van der Waals surface area (Å²) in [6.45, 7) is 5.41. The van der Waals surface area contributed by atoms with Gasteiger partial charge < -0.3 is 9.47 Å². The van der Waals surface area contributed by atoms with Crippen molar-refractivity contribution < 1.29 is 8.42 Å². The molecule has 6 nitrogen and oxygen atoms in total. The first-order valence-electron chi connectivity index (χ1n) is 6.88. The Kier molecular flexibility index (Phi) is 4.22. The number of hydrogen-bond acceptors (Lipinski definition) is 4. The molecule has 2 heterocycles. The van der Waals surface area contributed by atoms with Crippen LogP contribution in [0, 0.1) is 11.8 Å². The summed E-state index contributed by atoms with van der Waals surface area (Å²) in [7, 11) is 2.32. The highest BCUT2D eigenvalue weighted by Gasteiger charge is 2.42. The van der Waals surface area contributed by atoms with Crippen molar-refractivity contribution in [3.05, 3.63) is 12.5 Å². The van der Waals surface area contributed by atoms with E-state index in [1.807, 2.05) is 14.1 Å².